The number of aromatic nitrogens is 2. The van der Waals surface area contributed by atoms with E-state index in [0.29, 0.717) is 0 Å². The summed E-state index contributed by atoms with van der Waals surface area (Å²) >= 11 is 0. The summed E-state index contributed by atoms with van der Waals surface area (Å²) in [5.41, 5.74) is 0.764. The molecule has 0 saturated carbocycles. The number of nitrogens with zero attached hydrogens (tertiary/aromatic N) is 1. The van der Waals surface area contributed by atoms with Gasteiger partial charge < -0.3 is 10.1 Å². The van der Waals surface area contributed by atoms with Gasteiger partial charge in [0, 0.05) is 6.04 Å². The lowest BCUT2D eigenvalue weighted by molar-refractivity contribution is 0.158. The van der Waals surface area contributed by atoms with Crippen LogP contribution in [0.5, 0.6) is 0 Å². The second kappa shape index (κ2) is 6.17. The average Bonchev–Trinajstić information content (AvgIpc) is 2.93. The van der Waals surface area contributed by atoms with Gasteiger partial charge in [0.05, 0.1) is 18.6 Å². The predicted molar refractivity (Wildman–Crippen MR) is 74.4 cm³/mol. The topological polar surface area (TPSA) is 95.1 Å². The van der Waals surface area contributed by atoms with Crippen molar-refractivity contribution in [3.05, 3.63) is 48.4 Å². The zero-order valence-electron chi connectivity index (χ0n) is 11.0. The van der Waals surface area contributed by atoms with E-state index in [4.69, 9.17) is 0 Å². The molecule has 2 rings (SSSR count). The van der Waals surface area contributed by atoms with Crippen LogP contribution in [0.15, 0.2) is 47.9 Å². The molecule has 0 aliphatic rings. The molecule has 2 aromatic rings. The van der Waals surface area contributed by atoms with Gasteiger partial charge >= 0.3 is 0 Å². The van der Waals surface area contributed by atoms with Crippen molar-refractivity contribution in [3.63, 3.8) is 0 Å². The minimum absolute atomic E-state index is 0.0125. The van der Waals surface area contributed by atoms with Crippen LogP contribution >= 0.6 is 0 Å². The Morgan fingerprint density at radius 2 is 2.05 bits per heavy atom. The second-order valence-electron chi connectivity index (χ2n) is 4.60. The Hall–Kier alpha value is -1.70. The van der Waals surface area contributed by atoms with Crippen molar-refractivity contribution < 1.29 is 13.5 Å². The quantitative estimate of drug-likeness (QED) is 0.746. The molecule has 7 heteroatoms. The van der Waals surface area contributed by atoms with E-state index in [9.17, 15) is 13.5 Å². The van der Waals surface area contributed by atoms with Crippen molar-refractivity contribution in [1.82, 2.24) is 14.7 Å². The zero-order valence-corrected chi connectivity index (χ0v) is 11.8. The van der Waals surface area contributed by atoms with Gasteiger partial charge in [0.1, 0.15) is 0 Å². The van der Waals surface area contributed by atoms with Gasteiger partial charge in [-0.2, -0.15) is 0 Å². The smallest absolute Gasteiger partial charge is 0.257 e. The van der Waals surface area contributed by atoms with Gasteiger partial charge in [-0.1, -0.05) is 30.3 Å². The Balaban J connectivity index is 1.98. The summed E-state index contributed by atoms with van der Waals surface area (Å²) in [7, 11) is -3.62. The SMILES string of the molecule is CC(CC(O)c1ccccc1)NS(=O)(=O)c1cnc[nH]1. The highest BCUT2D eigenvalue weighted by Crippen LogP contribution is 2.18. The van der Waals surface area contributed by atoms with Crippen LogP contribution in [0, 0.1) is 0 Å². The van der Waals surface area contributed by atoms with Gasteiger partial charge in [0.15, 0.2) is 5.03 Å². The van der Waals surface area contributed by atoms with Gasteiger partial charge in [-0.25, -0.2) is 18.1 Å². The first-order chi connectivity index (χ1) is 9.49. The molecule has 0 radical (unpaired) electrons. The lowest BCUT2D eigenvalue weighted by Crippen LogP contribution is -2.34. The Labute approximate surface area is 117 Å². The molecule has 2 unspecified atom stereocenters. The predicted octanol–water partition coefficient (Wildman–Crippen LogP) is 1.20. The monoisotopic (exact) mass is 295 g/mol. The van der Waals surface area contributed by atoms with E-state index in [1.165, 1.54) is 12.5 Å². The van der Waals surface area contributed by atoms with E-state index in [2.05, 4.69) is 14.7 Å². The minimum Gasteiger partial charge on any atom is -0.388 e. The summed E-state index contributed by atoms with van der Waals surface area (Å²) < 4.78 is 26.4. The maximum absolute atomic E-state index is 12.0. The van der Waals surface area contributed by atoms with Gasteiger partial charge in [-0.05, 0) is 18.9 Å². The number of aliphatic hydroxyl groups is 1. The number of rotatable bonds is 6. The first-order valence-corrected chi connectivity index (χ1v) is 7.71. The molecule has 0 saturated heterocycles. The summed E-state index contributed by atoms with van der Waals surface area (Å²) in [5.74, 6) is 0. The van der Waals surface area contributed by atoms with E-state index in [-0.39, 0.29) is 11.4 Å². The first-order valence-electron chi connectivity index (χ1n) is 6.23. The molecule has 3 N–H and O–H groups in total. The van der Waals surface area contributed by atoms with E-state index in [1.807, 2.05) is 18.2 Å². The fraction of sp³-hybridized carbons (Fsp3) is 0.308. The maximum atomic E-state index is 12.0. The Bertz CT molecular complexity index is 626. The minimum atomic E-state index is -3.62. The van der Waals surface area contributed by atoms with E-state index >= 15 is 0 Å². The summed E-state index contributed by atoms with van der Waals surface area (Å²) in [6.45, 7) is 1.71. The zero-order chi connectivity index (χ0) is 14.6. The first kappa shape index (κ1) is 14.7. The highest BCUT2D eigenvalue weighted by molar-refractivity contribution is 7.89. The molecule has 20 heavy (non-hydrogen) atoms. The number of benzene rings is 1. The molecule has 0 spiro atoms. The Morgan fingerprint density at radius 3 is 2.65 bits per heavy atom. The number of sulfonamides is 1. The van der Waals surface area contributed by atoms with Crippen molar-refractivity contribution in [2.45, 2.75) is 30.5 Å². The van der Waals surface area contributed by atoms with Crippen LogP contribution in [0.1, 0.15) is 25.0 Å². The molecule has 108 valence electrons. The summed E-state index contributed by atoms with van der Waals surface area (Å²) in [6, 6.07) is 8.73. The van der Waals surface area contributed by atoms with Gasteiger partial charge in [0.25, 0.3) is 10.0 Å². The number of imidazole rings is 1. The molecule has 2 atom stereocenters. The highest BCUT2D eigenvalue weighted by Gasteiger charge is 2.20. The number of aromatic amines is 1. The number of hydrogen-bond acceptors (Lipinski definition) is 4. The number of aliphatic hydroxyl groups excluding tert-OH is 1. The molecule has 0 fully saturated rings. The number of hydrogen-bond donors (Lipinski definition) is 3. The molecule has 0 aliphatic heterocycles. The van der Waals surface area contributed by atoms with Crippen LogP contribution in [-0.2, 0) is 10.0 Å². The molecular formula is C13H17N3O3S. The van der Waals surface area contributed by atoms with E-state index < -0.39 is 22.2 Å². The highest BCUT2D eigenvalue weighted by atomic mass is 32.2. The molecule has 0 bridgehead atoms. The normalized spacial score (nSPS) is 14.9. The van der Waals surface area contributed by atoms with Crippen molar-refractivity contribution in [2.75, 3.05) is 0 Å². The van der Waals surface area contributed by atoms with Crippen LogP contribution in [0.3, 0.4) is 0 Å². The molecule has 1 aromatic carbocycles. The fourth-order valence-electron chi connectivity index (χ4n) is 1.91. The lowest BCUT2D eigenvalue weighted by atomic mass is 10.0. The summed E-state index contributed by atoms with van der Waals surface area (Å²) in [6.07, 6.45) is 2.12. The third kappa shape index (κ3) is 3.66. The fourth-order valence-corrected chi connectivity index (χ4v) is 3.07. The van der Waals surface area contributed by atoms with E-state index in [0.717, 1.165) is 5.56 Å². The summed E-state index contributed by atoms with van der Waals surface area (Å²) in [5, 5.41) is 10.1. The van der Waals surface area contributed by atoms with E-state index in [1.54, 1.807) is 19.1 Å². The second-order valence-corrected chi connectivity index (χ2v) is 6.28. The summed E-state index contributed by atoms with van der Waals surface area (Å²) in [4.78, 5) is 6.22. The maximum Gasteiger partial charge on any atom is 0.257 e. The molecule has 1 aromatic heterocycles. The van der Waals surface area contributed by atoms with Gasteiger partial charge in [-0.15, -0.1) is 0 Å². The van der Waals surface area contributed by atoms with Crippen LogP contribution in [-0.4, -0.2) is 29.5 Å². The van der Waals surface area contributed by atoms with Crippen molar-refractivity contribution >= 4 is 10.0 Å². The van der Waals surface area contributed by atoms with Crippen molar-refractivity contribution in [1.29, 1.82) is 0 Å². The largest absolute Gasteiger partial charge is 0.388 e. The molecule has 0 amide bonds. The third-order valence-electron chi connectivity index (χ3n) is 2.88. The molecule has 0 aliphatic carbocycles. The van der Waals surface area contributed by atoms with Crippen molar-refractivity contribution in [2.24, 2.45) is 0 Å². The number of nitrogens with one attached hydrogen (secondary N) is 2. The lowest BCUT2D eigenvalue weighted by Gasteiger charge is -2.17. The van der Waals surface area contributed by atoms with Crippen LogP contribution in [0.4, 0.5) is 0 Å². The van der Waals surface area contributed by atoms with Crippen molar-refractivity contribution in [3.8, 4) is 0 Å². The molecular weight excluding hydrogens is 278 g/mol. The molecule has 6 nitrogen and oxygen atoms in total. The Kier molecular flexibility index (Phi) is 4.53. The molecule has 1 heterocycles. The van der Waals surface area contributed by atoms with Crippen LogP contribution in [0.2, 0.25) is 0 Å². The average molecular weight is 295 g/mol. The Morgan fingerprint density at radius 1 is 1.35 bits per heavy atom. The van der Waals surface area contributed by atoms with Gasteiger partial charge in [0.2, 0.25) is 0 Å². The third-order valence-corrected chi connectivity index (χ3v) is 4.40. The van der Waals surface area contributed by atoms with Crippen LogP contribution < -0.4 is 4.72 Å². The van der Waals surface area contributed by atoms with Crippen LogP contribution in [0.25, 0.3) is 0 Å². The standard InChI is InChI=1S/C13H17N3O3S/c1-10(7-12(17)11-5-3-2-4-6-11)16-20(18,19)13-8-14-9-15-13/h2-6,8-10,12,16-17H,7H2,1H3,(H,14,15). The van der Waals surface area contributed by atoms with Gasteiger partial charge in [-0.3, -0.25) is 0 Å². The number of H-pyrrole nitrogens is 1.